The number of carbonyl (C=O) groups excluding carboxylic acids is 2. The summed E-state index contributed by atoms with van der Waals surface area (Å²) in [5.74, 6) is -0.855. The largest absolute Gasteiger partial charge is 0.472 e. The highest BCUT2D eigenvalue weighted by molar-refractivity contribution is 7.47. The molecule has 358 valence electrons. The molecule has 9 nitrogen and oxygen atoms in total. The number of esters is 2. The van der Waals surface area contributed by atoms with E-state index >= 15 is 0 Å². The maximum absolute atomic E-state index is 12.6. The zero-order valence-electron chi connectivity index (χ0n) is 39.6. The predicted octanol–water partition coefficient (Wildman–Crippen LogP) is 15.0. The van der Waals surface area contributed by atoms with E-state index in [-0.39, 0.29) is 38.6 Å². The van der Waals surface area contributed by atoms with E-state index in [0.29, 0.717) is 6.42 Å². The van der Waals surface area contributed by atoms with Crippen LogP contribution in [-0.4, -0.2) is 49.3 Å². The molecule has 0 saturated heterocycles. The Hall–Kier alpha value is -2.55. The summed E-state index contributed by atoms with van der Waals surface area (Å²) >= 11 is 0. The van der Waals surface area contributed by atoms with Gasteiger partial charge in [-0.15, -0.1) is 0 Å². The highest BCUT2D eigenvalue weighted by Gasteiger charge is 2.26. The van der Waals surface area contributed by atoms with Gasteiger partial charge < -0.3 is 20.1 Å². The van der Waals surface area contributed by atoms with Gasteiger partial charge in [-0.05, 0) is 64.2 Å². The van der Waals surface area contributed by atoms with Crippen molar-refractivity contribution in [3.63, 3.8) is 0 Å². The normalized spacial score (nSPS) is 13.8. The number of nitrogens with two attached hydrogens (primary N) is 1. The second kappa shape index (κ2) is 47.9. The van der Waals surface area contributed by atoms with Crippen LogP contribution in [0.4, 0.5) is 0 Å². The molecule has 3 N–H and O–H groups in total. The summed E-state index contributed by atoms with van der Waals surface area (Å²) in [5, 5.41) is 0. The highest BCUT2D eigenvalue weighted by Crippen LogP contribution is 2.43. The molecule has 0 radical (unpaired) electrons. The van der Waals surface area contributed by atoms with Crippen LogP contribution in [0.25, 0.3) is 0 Å². The minimum Gasteiger partial charge on any atom is -0.462 e. The zero-order chi connectivity index (χ0) is 45.3. The summed E-state index contributed by atoms with van der Waals surface area (Å²) in [5.41, 5.74) is 5.36. The van der Waals surface area contributed by atoms with Gasteiger partial charge in [-0.2, -0.15) is 0 Å². The summed E-state index contributed by atoms with van der Waals surface area (Å²) in [7, 11) is -4.39. The number of allylic oxidation sites excluding steroid dienone is 12. The monoisotopic (exact) mass is 890 g/mol. The van der Waals surface area contributed by atoms with E-state index in [0.717, 1.165) is 83.5 Å². The van der Waals surface area contributed by atoms with Crippen molar-refractivity contribution in [3.8, 4) is 0 Å². The Morgan fingerprint density at radius 1 is 0.500 bits per heavy atom. The quantitative estimate of drug-likeness (QED) is 0.0265. The average molecular weight is 890 g/mol. The van der Waals surface area contributed by atoms with Crippen LogP contribution in [0.1, 0.15) is 213 Å². The SMILES string of the molecule is CC/C=C\C/C=C\C/C=C\C/C=C\C/C=C\C/C=C\CCCCCCC(=O)OC(COC(=O)CCCCCCCCCCCCCCCCCCCC)COP(=O)(O)OCCN. The number of unbranched alkanes of at least 4 members (excludes halogenated alkanes) is 21. The summed E-state index contributed by atoms with van der Waals surface area (Å²) in [6, 6.07) is 0. The molecular weight excluding hydrogens is 798 g/mol. The van der Waals surface area contributed by atoms with E-state index in [2.05, 4.69) is 86.8 Å². The molecule has 0 rings (SSSR count). The van der Waals surface area contributed by atoms with E-state index in [1.807, 2.05) is 0 Å². The van der Waals surface area contributed by atoms with Gasteiger partial charge in [-0.25, -0.2) is 4.57 Å². The molecule has 0 bridgehead atoms. The first-order valence-electron chi connectivity index (χ1n) is 24.9. The van der Waals surface area contributed by atoms with Gasteiger partial charge in [0, 0.05) is 19.4 Å². The standard InChI is InChI=1S/C52H92NO8P/c1-3-5-7-9-11-13-15-17-19-21-23-24-25-26-27-29-31-33-35-37-39-41-43-45-52(55)61-50(49-60-62(56,57)59-47-46-53)48-58-51(54)44-42-40-38-36-34-32-30-28-22-20-18-16-14-12-10-8-6-4-2/h5,7,11,13,17,19,23-24,26-27,31,33,50H,3-4,6,8-10,12,14-16,18,20-22,25,28-30,32,34-49,53H2,1-2H3,(H,56,57)/b7-5-,13-11-,19-17-,24-23-,27-26-,33-31-. The number of hydrogen-bond acceptors (Lipinski definition) is 8. The van der Waals surface area contributed by atoms with Crippen molar-refractivity contribution < 1.29 is 37.6 Å². The molecule has 0 amide bonds. The van der Waals surface area contributed by atoms with Crippen molar-refractivity contribution in [3.05, 3.63) is 72.9 Å². The molecular formula is C52H92NO8P. The Morgan fingerprint density at radius 2 is 0.887 bits per heavy atom. The number of phosphoric acid groups is 1. The zero-order valence-corrected chi connectivity index (χ0v) is 40.5. The molecule has 0 aliphatic heterocycles. The van der Waals surface area contributed by atoms with Crippen molar-refractivity contribution in [2.75, 3.05) is 26.4 Å². The van der Waals surface area contributed by atoms with Crippen LogP contribution in [0.2, 0.25) is 0 Å². The number of rotatable bonds is 46. The van der Waals surface area contributed by atoms with Crippen molar-refractivity contribution in [1.29, 1.82) is 0 Å². The fraction of sp³-hybridized carbons (Fsp3) is 0.731. The molecule has 0 aliphatic carbocycles. The second-order valence-corrected chi connectivity index (χ2v) is 17.8. The molecule has 0 spiro atoms. The first-order valence-corrected chi connectivity index (χ1v) is 26.4. The van der Waals surface area contributed by atoms with E-state index in [9.17, 15) is 19.0 Å². The van der Waals surface area contributed by atoms with Crippen LogP contribution < -0.4 is 5.73 Å². The third kappa shape index (κ3) is 46.9. The van der Waals surface area contributed by atoms with Gasteiger partial charge in [0.25, 0.3) is 0 Å². The number of hydrogen-bond donors (Lipinski definition) is 2. The fourth-order valence-corrected chi connectivity index (χ4v) is 7.46. The maximum Gasteiger partial charge on any atom is 0.472 e. The van der Waals surface area contributed by atoms with Crippen molar-refractivity contribution >= 4 is 19.8 Å². The molecule has 0 aromatic rings. The third-order valence-corrected chi connectivity index (χ3v) is 11.3. The maximum atomic E-state index is 12.6. The summed E-state index contributed by atoms with van der Waals surface area (Å²) < 4.78 is 32.9. The summed E-state index contributed by atoms with van der Waals surface area (Å²) in [6.07, 6.45) is 59.3. The van der Waals surface area contributed by atoms with Gasteiger partial charge >= 0.3 is 19.8 Å². The van der Waals surface area contributed by atoms with Crippen LogP contribution >= 0.6 is 7.82 Å². The smallest absolute Gasteiger partial charge is 0.462 e. The first kappa shape index (κ1) is 59.5. The molecule has 0 fully saturated rings. The van der Waals surface area contributed by atoms with E-state index in [4.69, 9.17) is 24.3 Å². The lowest BCUT2D eigenvalue weighted by Gasteiger charge is -2.19. The molecule has 0 heterocycles. The molecule has 62 heavy (non-hydrogen) atoms. The highest BCUT2D eigenvalue weighted by atomic mass is 31.2. The first-order chi connectivity index (χ1) is 30.3. The number of carbonyl (C=O) groups is 2. The van der Waals surface area contributed by atoms with E-state index in [1.54, 1.807) is 0 Å². The summed E-state index contributed by atoms with van der Waals surface area (Å²) in [6.45, 7) is 3.61. The Balaban J connectivity index is 4.14. The van der Waals surface area contributed by atoms with Crippen LogP contribution in [0, 0.1) is 0 Å². The van der Waals surface area contributed by atoms with Gasteiger partial charge in [0.15, 0.2) is 6.10 Å². The summed E-state index contributed by atoms with van der Waals surface area (Å²) in [4.78, 5) is 35.0. The lowest BCUT2D eigenvalue weighted by atomic mass is 10.0. The molecule has 0 aromatic heterocycles. The second-order valence-electron chi connectivity index (χ2n) is 16.3. The lowest BCUT2D eigenvalue weighted by Crippen LogP contribution is -2.29. The third-order valence-electron chi connectivity index (χ3n) is 10.4. The van der Waals surface area contributed by atoms with Crippen LogP contribution in [0.15, 0.2) is 72.9 Å². The van der Waals surface area contributed by atoms with Gasteiger partial charge in [-0.3, -0.25) is 18.6 Å². The van der Waals surface area contributed by atoms with Gasteiger partial charge in [-0.1, -0.05) is 209 Å². The van der Waals surface area contributed by atoms with Crippen molar-refractivity contribution in [2.45, 2.75) is 219 Å². The molecule has 0 saturated carbocycles. The van der Waals surface area contributed by atoms with Gasteiger partial charge in [0.05, 0.1) is 13.2 Å². The Kier molecular flexibility index (Phi) is 45.9. The number of ether oxygens (including phenoxy) is 2. The molecule has 10 heteroatoms. The minimum atomic E-state index is -4.39. The number of phosphoric ester groups is 1. The predicted molar refractivity (Wildman–Crippen MR) is 261 cm³/mol. The average Bonchev–Trinajstić information content (AvgIpc) is 3.26. The Morgan fingerprint density at radius 3 is 1.32 bits per heavy atom. The van der Waals surface area contributed by atoms with E-state index < -0.39 is 26.5 Å². The van der Waals surface area contributed by atoms with Gasteiger partial charge in [0.1, 0.15) is 6.61 Å². The molecule has 2 atom stereocenters. The molecule has 2 unspecified atom stereocenters. The molecule has 0 aliphatic rings. The lowest BCUT2D eigenvalue weighted by molar-refractivity contribution is -0.161. The van der Waals surface area contributed by atoms with Gasteiger partial charge in [0.2, 0.25) is 0 Å². The van der Waals surface area contributed by atoms with Crippen molar-refractivity contribution in [1.82, 2.24) is 0 Å². The fourth-order valence-electron chi connectivity index (χ4n) is 6.70. The minimum absolute atomic E-state index is 0.0464. The topological polar surface area (TPSA) is 134 Å². The van der Waals surface area contributed by atoms with Crippen molar-refractivity contribution in [2.24, 2.45) is 5.73 Å². The van der Waals surface area contributed by atoms with Crippen LogP contribution in [0.3, 0.4) is 0 Å². The van der Waals surface area contributed by atoms with Crippen LogP contribution in [0.5, 0.6) is 0 Å². The van der Waals surface area contributed by atoms with Crippen LogP contribution in [-0.2, 0) is 32.7 Å². The Labute approximate surface area is 380 Å². The molecule has 0 aromatic carbocycles. The van der Waals surface area contributed by atoms with E-state index in [1.165, 1.54) is 96.3 Å². The Bertz CT molecular complexity index is 1240.